The van der Waals surface area contributed by atoms with E-state index in [1.54, 1.807) is 0 Å². The first-order valence-electron chi connectivity index (χ1n) is 7.06. The molecule has 0 aromatic heterocycles. The Morgan fingerprint density at radius 1 is 1.33 bits per heavy atom. The van der Waals surface area contributed by atoms with Crippen molar-refractivity contribution in [3.63, 3.8) is 0 Å². The van der Waals surface area contributed by atoms with Gasteiger partial charge in [0.15, 0.2) is 0 Å². The lowest BCUT2D eigenvalue weighted by molar-refractivity contribution is 0.0696. The van der Waals surface area contributed by atoms with Crippen molar-refractivity contribution in [1.82, 2.24) is 5.32 Å². The molecule has 1 fully saturated rings. The molecule has 1 aromatic rings. The van der Waals surface area contributed by atoms with Gasteiger partial charge in [-0.25, -0.2) is 14.0 Å². The molecular weight excluding hydrogens is 275 g/mol. The van der Waals surface area contributed by atoms with Gasteiger partial charge in [0.2, 0.25) is 0 Å². The topological polar surface area (TPSA) is 78.4 Å². The van der Waals surface area contributed by atoms with Crippen molar-refractivity contribution in [2.45, 2.75) is 38.6 Å². The Hall–Kier alpha value is -2.11. The zero-order chi connectivity index (χ0) is 15.4. The van der Waals surface area contributed by atoms with Crippen molar-refractivity contribution in [3.05, 3.63) is 29.6 Å². The third-order valence-corrected chi connectivity index (χ3v) is 3.74. The molecule has 6 heteroatoms. The number of hydrogen-bond donors (Lipinski definition) is 3. The maximum atomic E-state index is 13.7. The van der Waals surface area contributed by atoms with E-state index in [0.29, 0.717) is 5.92 Å². The number of hydrogen-bond acceptors (Lipinski definition) is 2. The molecule has 1 aliphatic rings. The first-order valence-corrected chi connectivity index (χ1v) is 7.06. The number of rotatable bonds is 3. The summed E-state index contributed by atoms with van der Waals surface area (Å²) in [5, 5.41) is 14.0. The van der Waals surface area contributed by atoms with Gasteiger partial charge in [-0.3, -0.25) is 0 Å². The molecule has 21 heavy (non-hydrogen) atoms. The van der Waals surface area contributed by atoms with E-state index >= 15 is 0 Å². The Balaban J connectivity index is 1.94. The van der Waals surface area contributed by atoms with E-state index in [1.165, 1.54) is 18.6 Å². The molecule has 1 aliphatic carbocycles. The highest BCUT2D eigenvalue weighted by molar-refractivity contribution is 5.91. The lowest BCUT2D eigenvalue weighted by Gasteiger charge is -2.27. The third kappa shape index (κ3) is 4.18. The molecule has 114 valence electrons. The Bertz CT molecular complexity index is 548. The van der Waals surface area contributed by atoms with E-state index in [1.807, 2.05) is 0 Å². The quantitative estimate of drug-likeness (QED) is 0.801. The zero-order valence-corrected chi connectivity index (χ0v) is 11.9. The highest BCUT2D eigenvalue weighted by Gasteiger charge is 2.20. The highest BCUT2D eigenvalue weighted by atomic mass is 19.1. The summed E-state index contributed by atoms with van der Waals surface area (Å²) in [6.07, 6.45) is 4.10. The van der Waals surface area contributed by atoms with Crippen LogP contribution in [0.4, 0.5) is 14.9 Å². The highest BCUT2D eigenvalue weighted by Crippen LogP contribution is 2.23. The van der Waals surface area contributed by atoms with E-state index in [4.69, 9.17) is 5.11 Å². The fourth-order valence-corrected chi connectivity index (χ4v) is 2.66. The predicted octanol–water partition coefficient (Wildman–Crippen LogP) is 3.22. The number of carbonyl (C=O) groups excluding carboxylic acids is 1. The molecule has 0 spiro atoms. The molecule has 0 saturated heterocycles. The van der Waals surface area contributed by atoms with Gasteiger partial charge in [0.05, 0.1) is 11.3 Å². The van der Waals surface area contributed by atoms with E-state index in [9.17, 15) is 14.0 Å². The number of halogens is 1. The average Bonchev–Trinajstić information content (AvgIpc) is 2.40. The van der Waals surface area contributed by atoms with Crippen LogP contribution < -0.4 is 10.6 Å². The van der Waals surface area contributed by atoms with Gasteiger partial charge >= 0.3 is 12.0 Å². The molecule has 0 aliphatic heterocycles. The maximum Gasteiger partial charge on any atom is 0.335 e. The first-order chi connectivity index (χ1) is 9.95. The van der Waals surface area contributed by atoms with Crippen LogP contribution >= 0.6 is 0 Å². The van der Waals surface area contributed by atoms with Crippen molar-refractivity contribution < 1.29 is 19.1 Å². The standard InChI is InChI=1S/C15H19FN2O3/c1-9-3-2-4-11(7-9)17-15(21)18-13-6-5-10(14(19)20)8-12(13)16/h5-6,8-9,11H,2-4,7H2,1H3,(H,19,20)(H2,17,18,21). The summed E-state index contributed by atoms with van der Waals surface area (Å²) in [6, 6.07) is 3.04. The Kier molecular flexibility index (Phi) is 4.77. The minimum Gasteiger partial charge on any atom is -0.478 e. The summed E-state index contributed by atoms with van der Waals surface area (Å²) in [5.41, 5.74) is -0.180. The minimum atomic E-state index is -1.21. The van der Waals surface area contributed by atoms with Gasteiger partial charge in [0.1, 0.15) is 5.82 Å². The van der Waals surface area contributed by atoms with Crippen LogP contribution in [0.3, 0.4) is 0 Å². The third-order valence-electron chi connectivity index (χ3n) is 3.74. The van der Waals surface area contributed by atoms with Crippen LogP contribution in [0.2, 0.25) is 0 Å². The predicted molar refractivity (Wildman–Crippen MR) is 76.9 cm³/mol. The van der Waals surface area contributed by atoms with E-state index in [-0.39, 0.29) is 17.3 Å². The fourth-order valence-electron chi connectivity index (χ4n) is 2.66. The van der Waals surface area contributed by atoms with Crippen LogP contribution in [-0.4, -0.2) is 23.1 Å². The second-order valence-electron chi connectivity index (χ2n) is 5.57. The van der Waals surface area contributed by atoms with Crippen molar-refractivity contribution in [3.8, 4) is 0 Å². The van der Waals surface area contributed by atoms with Crippen LogP contribution in [-0.2, 0) is 0 Å². The van der Waals surface area contributed by atoms with E-state index in [0.717, 1.165) is 25.3 Å². The molecule has 0 radical (unpaired) electrons. The van der Waals surface area contributed by atoms with Crippen molar-refractivity contribution in [1.29, 1.82) is 0 Å². The van der Waals surface area contributed by atoms with Crippen LogP contribution in [0.25, 0.3) is 0 Å². The Morgan fingerprint density at radius 2 is 2.10 bits per heavy atom. The molecule has 2 amide bonds. The molecule has 3 N–H and O–H groups in total. The van der Waals surface area contributed by atoms with E-state index < -0.39 is 17.8 Å². The number of nitrogens with one attached hydrogen (secondary N) is 2. The number of anilines is 1. The lowest BCUT2D eigenvalue weighted by atomic mass is 9.87. The minimum absolute atomic E-state index is 0.0265. The number of aromatic carboxylic acids is 1. The number of carboxylic acid groups (broad SMARTS) is 1. The SMILES string of the molecule is CC1CCCC(NC(=O)Nc2ccc(C(=O)O)cc2F)C1. The monoisotopic (exact) mass is 294 g/mol. The van der Waals surface area contributed by atoms with E-state index in [2.05, 4.69) is 17.6 Å². The van der Waals surface area contributed by atoms with Gasteiger partial charge in [-0.1, -0.05) is 19.8 Å². The Labute approximate surface area is 122 Å². The van der Waals surface area contributed by atoms with Crippen molar-refractivity contribution >= 4 is 17.7 Å². The molecule has 1 saturated carbocycles. The summed E-state index contributed by atoms with van der Waals surface area (Å²) in [5.74, 6) is -1.39. The second-order valence-corrected chi connectivity index (χ2v) is 5.57. The molecule has 2 unspecified atom stereocenters. The smallest absolute Gasteiger partial charge is 0.335 e. The van der Waals surface area contributed by atoms with Crippen molar-refractivity contribution in [2.75, 3.05) is 5.32 Å². The lowest BCUT2D eigenvalue weighted by Crippen LogP contribution is -2.40. The normalized spacial score (nSPS) is 21.6. The number of carboxylic acids is 1. The van der Waals surface area contributed by atoms with Gasteiger partial charge in [-0.2, -0.15) is 0 Å². The number of carbonyl (C=O) groups is 2. The zero-order valence-electron chi connectivity index (χ0n) is 11.9. The number of benzene rings is 1. The van der Waals surface area contributed by atoms with Gasteiger partial charge in [-0.15, -0.1) is 0 Å². The summed E-state index contributed by atoms with van der Waals surface area (Å²) in [4.78, 5) is 22.6. The van der Waals surface area contributed by atoms with Gasteiger partial charge in [0, 0.05) is 6.04 Å². The van der Waals surface area contributed by atoms with Crippen LogP contribution in [0.1, 0.15) is 43.0 Å². The molecule has 5 nitrogen and oxygen atoms in total. The first kappa shape index (κ1) is 15.3. The fraction of sp³-hybridized carbons (Fsp3) is 0.467. The summed E-state index contributed by atoms with van der Waals surface area (Å²) < 4.78 is 13.7. The summed E-state index contributed by atoms with van der Waals surface area (Å²) in [7, 11) is 0. The molecule has 2 atom stereocenters. The maximum absolute atomic E-state index is 13.7. The molecule has 0 bridgehead atoms. The average molecular weight is 294 g/mol. The number of amides is 2. The van der Waals surface area contributed by atoms with Gasteiger partial charge in [-0.05, 0) is 37.0 Å². The van der Waals surface area contributed by atoms with Crippen LogP contribution in [0.5, 0.6) is 0 Å². The molecular formula is C15H19FN2O3. The van der Waals surface area contributed by atoms with Gasteiger partial charge < -0.3 is 15.7 Å². The summed E-state index contributed by atoms with van der Waals surface area (Å²) >= 11 is 0. The summed E-state index contributed by atoms with van der Waals surface area (Å²) in [6.45, 7) is 2.15. The molecule has 1 aromatic carbocycles. The second kappa shape index (κ2) is 6.56. The van der Waals surface area contributed by atoms with Crippen LogP contribution in [0.15, 0.2) is 18.2 Å². The van der Waals surface area contributed by atoms with Crippen LogP contribution in [0, 0.1) is 11.7 Å². The van der Waals surface area contributed by atoms with Gasteiger partial charge in [0.25, 0.3) is 0 Å². The molecule has 0 heterocycles. The number of urea groups is 1. The Morgan fingerprint density at radius 3 is 2.71 bits per heavy atom. The van der Waals surface area contributed by atoms with Crippen molar-refractivity contribution in [2.24, 2.45) is 5.92 Å². The largest absolute Gasteiger partial charge is 0.478 e. The molecule has 2 rings (SSSR count).